The van der Waals surface area contributed by atoms with E-state index in [0.717, 1.165) is 34.7 Å². The number of aryl methyl sites for hydroxylation is 1. The third-order valence-corrected chi connectivity index (χ3v) is 3.37. The Hall–Kier alpha value is -1.13. The molecule has 1 aromatic carbocycles. The molecule has 1 aromatic heterocycles. The van der Waals surface area contributed by atoms with E-state index in [1.165, 1.54) is 5.56 Å². The summed E-state index contributed by atoms with van der Waals surface area (Å²) in [5.74, 6) is 0.907. The van der Waals surface area contributed by atoms with Gasteiger partial charge in [-0.25, -0.2) is 4.98 Å². The Morgan fingerprint density at radius 3 is 2.59 bits per heavy atom. The molecule has 0 aliphatic rings. The molecule has 2 rings (SSSR count). The largest absolute Gasteiger partial charge is 0.340 e. The predicted octanol–water partition coefficient (Wildman–Crippen LogP) is 3.12. The number of aromatic amines is 1. The third kappa shape index (κ3) is 2.76. The van der Waals surface area contributed by atoms with Crippen LogP contribution in [-0.4, -0.2) is 17.0 Å². The molecule has 3 nitrogen and oxygen atoms in total. The number of nitrogens with one attached hydrogen (secondary N) is 2. The highest BCUT2D eigenvalue weighted by Gasteiger charge is 2.08. The minimum Gasteiger partial charge on any atom is -0.340 e. The molecule has 0 aliphatic heterocycles. The molecule has 2 N–H and O–H groups in total. The molecular formula is C13H16BrN3. The molecule has 0 saturated carbocycles. The maximum absolute atomic E-state index is 4.48. The average molecular weight is 294 g/mol. The molecule has 90 valence electrons. The second kappa shape index (κ2) is 5.47. The van der Waals surface area contributed by atoms with Gasteiger partial charge in [-0.05, 0) is 35.0 Å². The summed E-state index contributed by atoms with van der Waals surface area (Å²) in [6, 6.07) is 8.49. The van der Waals surface area contributed by atoms with Gasteiger partial charge in [0.15, 0.2) is 0 Å². The van der Waals surface area contributed by atoms with Crippen molar-refractivity contribution in [1.82, 2.24) is 15.3 Å². The van der Waals surface area contributed by atoms with Crippen molar-refractivity contribution in [1.29, 1.82) is 0 Å². The molecular weight excluding hydrogens is 278 g/mol. The van der Waals surface area contributed by atoms with E-state index in [2.05, 4.69) is 62.4 Å². The lowest BCUT2D eigenvalue weighted by molar-refractivity contribution is 0.793. The summed E-state index contributed by atoms with van der Waals surface area (Å²) in [5, 5.41) is 3.11. The van der Waals surface area contributed by atoms with Crippen LogP contribution in [0.2, 0.25) is 0 Å². The van der Waals surface area contributed by atoms with Crippen molar-refractivity contribution in [2.24, 2.45) is 0 Å². The highest BCUT2D eigenvalue weighted by atomic mass is 79.9. The van der Waals surface area contributed by atoms with Crippen LogP contribution in [0, 0.1) is 0 Å². The summed E-state index contributed by atoms with van der Waals surface area (Å²) in [5.41, 5.74) is 3.53. The van der Waals surface area contributed by atoms with Crippen LogP contribution in [0.3, 0.4) is 0 Å². The fourth-order valence-electron chi connectivity index (χ4n) is 1.72. The first-order valence-corrected chi connectivity index (χ1v) is 6.52. The van der Waals surface area contributed by atoms with Gasteiger partial charge in [0.2, 0.25) is 0 Å². The van der Waals surface area contributed by atoms with Crippen molar-refractivity contribution >= 4 is 15.9 Å². The molecule has 0 spiro atoms. The summed E-state index contributed by atoms with van der Waals surface area (Å²) >= 11 is 3.46. The molecule has 0 bridgehead atoms. The number of hydrogen-bond donors (Lipinski definition) is 2. The number of nitrogens with zero attached hydrogens (tertiary/aromatic N) is 1. The minimum atomic E-state index is 0.778. The van der Waals surface area contributed by atoms with Crippen molar-refractivity contribution in [3.63, 3.8) is 0 Å². The molecule has 0 fully saturated rings. The van der Waals surface area contributed by atoms with E-state index in [0.29, 0.717) is 0 Å². The molecule has 0 amide bonds. The third-order valence-electron chi connectivity index (χ3n) is 2.72. The number of benzene rings is 1. The van der Waals surface area contributed by atoms with Crippen LogP contribution in [0.5, 0.6) is 0 Å². The number of halogens is 1. The van der Waals surface area contributed by atoms with Gasteiger partial charge >= 0.3 is 0 Å². The zero-order valence-corrected chi connectivity index (χ0v) is 11.6. The Bertz CT molecular complexity index is 488. The number of hydrogen-bond acceptors (Lipinski definition) is 2. The van der Waals surface area contributed by atoms with Crippen LogP contribution in [0.25, 0.3) is 11.4 Å². The molecule has 0 saturated heterocycles. The van der Waals surface area contributed by atoms with Crippen molar-refractivity contribution in [3.05, 3.63) is 40.1 Å². The Labute approximate surface area is 110 Å². The highest BCUT2D eigenvalue weighted by molar-refractivity contribution is 9.10. The van der Waals surface area contributed by atoms with Gasteiger partial charge in [-0.3, -0.25) is 0 Å². The van der Waals surface area contributed by atoms with Crippen LogP contribution in [-0.2, 0) is 13.0 Å². The standard InChI is InChI=1S/C13H16BrN3/c1-3-9-4-6-10(7-5-9)13-16-11(8-15-2)12(14)17-13/h4-7,15H,3,8H2,1-2H3,(H,16,17). The van der Waals surface area contributed by atoms with Crippen molar-refractivity contribution in [2.75, 3.05) is 7.05 Å². The van der Waals surface area contributed by atoms with Gasteiger partial charge in [0, 0.05) is 12.1 Å². The van der Waals surface area contributed by atoms with Crippen LogP contribution < -0.4 is 5.32 Å². The van der Waals surface area contributed by atoms with E-state index in [1.54, 1.807) is 0 Å². The number of rotatable bonds is 4. The van der Waals surface area contributed by atoms with E-state index < -0.39 is 0 Å². The zero-order valence-electron chi connectivity index (χ0n) is 10.0. The topological polar surface area (TPSA) is 40.7 Å². The van der Waals surface area contributed by atoms with Gasteiger partial charge in [-0.2, -0.15) is 0 Å². The molecule has 4 heteroatoms. The smallest absolute Gasteiger partial charge is 0.138 e. The molecule has 1 heterocycles. The van der Waals surface area contributed by atoms with Gasteiger partial charge in [-0.1, -0.05) is 31.2 Å². The lowest BCUT2D eigenvalue weighted by Gasteiger charge is -1.99. The Kier molecular flexibility index (Phi) is 3.97. The van der Waals surface area contributed by atoms with Gasteiger partial charge < -0.3 is 10.3 Å². The van der Waals surface area contributed by atoms with Gasteiger partial charge in [0.05, 0.1) is 5.69 Å². The number of imidazole rings is 1. The van der Waals surface area contributed by atoms with E-state index >= 15 is 0 Å². The normalized spacial score (nSPS) is 10.8. The van der Waals surface area contributed by atoms with Gasteiger partial charge in [0.25, 0.3) is 0 Å². The summed E-state index contributed by atoms with van der Waals surface area (Å²) < 4.78 is 0.876. The van der Waals surface area contributed by atoms with Crippen LogP contribution in [0.1, 0.15) is 18.2 Å². The average Bonchev–Trinajstić information content (AvgIpc) is 2.72. The van der Waals surface area contributed by atoms with Gasteiger partial charge in [-0.15, -0.1) is 0 Å². The van der Waals surface area contributed by atoms with Crippen LogP contribution in [0.4, 0.5) is 0 Å². The number of aromatic nitrogens is 2. The van der Waals surface area contributed by atoms with E-state index in [-0.39, 0.29) is 0 Å². The maximum atomic E-state index is 4.48. The van der Waals surface area contributed by atoms with E-state index in [9.17, 15) is 0 Å². The molecule has 0 unspecified atom stereocenters. The Morgan fingerprint density at radius 2 is 2.00 bits per heavy atom. The molecule has 0 atom stereocenters. The minimum absolute atomic E-state index is 0.778. The Morgan fingerprint density at radius 1 is 1.29 bits per heavy atom. The quantitative estimate of drug-likeness (QED) is 0.909. The lowest BCUT2D eigenvalue weighted by Crippen LogP contribution is -2.05. The van der Waals surface area contributed by atoms with Crippen LogP contribution in [0.15, 0.2) is 28.9 Å². The Balaban J connectivity index is 2.29. The maximum Gasteiger partial charge on any atom is 0.138 e. The summed E-state index contributed by atoms with van der Waals surface area (Å²) in [6.07, 6.45) is 1.06. The fourth-order valence-corrected chi connectivity index (χ4v) is 2.13. The first-order valence-electron chi connectivity index (χ1n) is 5.73. The molecule has 17 heavy (non-hydrogen) atoms. The van der Waals surface area contributed by atoms with E-state index in [4.69, 9.17) is 0 Å². The first-order chi connectivity index (χ1) is 8.24. The number of H-pyrrole nitrogens is 1. The van der Waals surface area contributed by atoms with Crippen molar-refractivity contribution in [2.45, 2.75) is 19.9 Å². The van der Waals surface area contributed by atoms with Crippen molar-refractivity contribution < 1.29 is 0 Å². The van der Waals surface area contributed by atoms with Crippen molar-refractivity contribution in [3.8, 4) is 11.4 Å². The second-order valence-corrected chi connectivity index (χ2v) is 4.69. The van der Waals surface area contributed by atoms with E-state index in [1.807, 2.05) is 7.05 Å². The predicted molar refractivity (Wildman–Crippen MR) is 73.9 cm³/mol. The highest BCUT2D eigenvalue weighted by Crippen LogP contribution is 2.22. The molecule has 2 aromatic rings. The monoisotopic (exact) mass is 293 g/mol. The molecule has 0 aliphatic carbocycles. The first kappa shape index (κ1) is 12.3. The summed E-state index contributed by atoms with van der Waals surface area (Å²) in [7, 11) is 1.92. The molecule has 0 radical (unpaired) electrons. The zero-order chi connectivity index (χ0) is 12.3. The second-order valence-electron chi connectivity index (χ2n) is 3.94. The van der Waals surface area contributed by atoms with Crippen LogP contribution >= 0.6 is 15.9 Å². The SMILES string of the molecule is CCc1ccc(-c2nc(Br)c(CNC)[nH]2)cc1. The van der Waals surface area contributed by atoms with Gasteiger partial charge in [0.1, 0.15) is 10.4 Å². The summed E-state index contributed by atoms with van der Waals surface area (Å²) in [4.78, 5) is 7.79. The lowest BCUT2D eigenvalue weighted by atomic mass is 10.1. The summed E-state index contributed by atoms with van der Waals surface area (Å²) in [6.45, 7) is 2.93. The fraction of sp³-hybridized carbons (Fsp3) is 0.308.